The van der Waals surface area contributed by atoms with Crippen molar-refractivity contribution in [3.05, 3.63) is 69.2 Å². The van der Waals surface area contributed by atoms with Crippen molar-refractivity contribution < 1.29 is 62.6 Å². The van der Waals surface area contributed by atoms with Crippen molar-refractivity contribution in [3.8, 4) is 0 Å². The summed E-state index contributed by atoms with van der Waals surface area (Å²) in [6.07, 6.45) is -19.0. The summed E-state index contributed by atoms with van der Waals surface area (Å²) in [4.78, 5) is 26.3. The van der Waals surface area contributed by atoms with Crippen molar-refractivity contribution in [1.82, 2.24) is 4.90 Å². The van der Waals surface area contributed by atoms with Crippen LogP contribution in [-0.4, -0.2) is 54.3 Å². The zero-order chi connectivity index (χ0) is 32.5. The van der Waals surface area contributed by atoms with Gasteiger partial charge in [0.1, 0.15) is 5.75 Å². The number of hydrogen-bond donors (Lipinski definition) is 1. The molecule has 0 aromatic heterocycles. The van der Waals surface area contributed by atoms with Gasteiger partial charge < -0.3 is 10.0 Å². The summed E-state index contributed by atoms with van der Waals surface area (Å²) in [5, 5.41) is 10.2. The number of nitrogens with zero attached hydrogens (tertiary/aromatic N) is 1. The van der Waals surface area contributed by atoms with E-state index < -0.39 is 86.2 Å². The highest BCUT2D eigenvalue weighted by molar-refractivity contribution is 7.92. The van der Waals surface area contributed by atoms with Crippen LogP contribution in [0.1, 0.15) is 52.9 Å². The van der Waals surface area contributed by atoms with E-state index >= 15 is 0 Å². The molecule has 0 aliphatic carbocycles. The van der Waals surface area contributed by atoms with Crippen LogP contribution >= 0.6 is 11.6 Å². The van der Waals surface area contributed by atoms with Gasteiger partial charge in [0.2, 0.25) is 5.91 Å². The molecule has 0 spiro atoms. The van der Waals surface area contributed by atoms with Crippen LogP contribution in [0.25, 0.3) is 0 Å². The fraction of sp³-hybridized carbons (Fsp3) is 0.440. The Morgan fingerprint density at radius 1 is 0.857 bits per heavy atom. The molecule has 0 aliphatic heterocycles. The number of carbonyl (C=O) groups is 2. The number of Topliss-reactive ketones (excluding diaryl/α,β-unsaturated/α-hetero) is 1. The summed E-state index contributed by atoms with van der Waals surface area (Å²) in [5.74, 6) is -3.40. The Bertz CT molecular complexity index is 1410. The van der Waals surface area contributed by atoms with Crippen LogP contribution in [0.5, 0.6) is 0 Å². The van der Waals surface area contributed by atoms with E-state index in [1.54, 1.807) is 0 Å². The number of hydrogen-bond acceptors (Lipinski definition) is 5. The summed E-state index contributed by atoms with van der Waals surface area (Å²) in [5.41, 5.74) is -11.0. The molecule has 0 saturated carbocycles. The Hall–Kier alpha value is -2.85. The van der Waals surface area contributed by atoms with Gasteiger partial charge in [-0.3, -0.25) is 9.59 Å². The van der Waals surface area contributed by atoms with Crippen LogP contribution < -0.4 is 0 Å². The van der Waals surface area contributed by atoms with Crippen LogP contribution in [0.2, 0.25) is 5.02 Å². The Balaban J connectivity index is 2.47. The number of benzene rings is 2. The van der Waals surface area contributed by atoms with Crippen LogP contribution in [0.3, 0.4) is 0 Å². The zero-order valence-electron chi connectivity index (χ0n) is 21.7. The molecule has 1 amide bonds. The molecular formula is C25H23ClF9NO5S. The van der Waals surface area contributed by atoms with Crippen LogP contribution in [0.4, 0.5) is 39.5 Å². The van der Waals surface area contributed by atoms with Gasteiger partial charge in [-0.2, -0.15) is 39.5 Å². The zero-order valence-corrected chi connectivity index (χ0v) is 23.3. The average Bonchev–Trinajstić information content (AvgIpc) is 2.85. The fourth-order valence-electron chi connectivity index (χ4n) is 3.71. The molecule has 1 unspecified atom stereocenters. The van der Waals surface area contributed by atoms with Gasteiger partial charge in [-0.05, 0) is 42.3 Å². The highest BCUT2D eigenvalue weighted by Crippen LogP contribution is 2.46. The molecule has 0 saturated heterocycles. The molecule has 1 N–H and O–H groups in total. The molecule has 2 rings (SSSR count). The number of sulfone groups is 1. The van der Waals surface area contributed by atoms with E-state index in [2.05, 4.69) is 0 Å². The second-order valence-corrected chi connectivity index (χ2v) is 11.9. The Morgan fingerprint density at radius 3 is 1.76 bits per heavy atom. The first-order valence-electron chi connectivity index (χ1n) is 11.8. The number of carbonyl (C=O) groups excluding carboxylic acids is 2. The quantitative estimate of drug-likeness (QED) is 0.244. The van der Waals surface area contributed by atoms with Crippen LogP contribution in [0.15, 0.2) is 36.4 Å². The van der Waals surface area contributed by atoms with E-state index in [-0.39, 0.29) is 41.6 Å². The number of rotatable bonds is 10. The molecule has 0 heterocycles. The SMILES string of the molecule is CCN(Cc1ccc(C(=O)CC(O)(c2cc(C(F)(F)F)cc(C(F)(F)F)c2)C(F)(F)F)cc1Cl)C(=O)CS(=O)(=O)CC. The maximum atomic E-state index is 14.0. The van der Waals surface area contributed by atoms with Crippen molar-refractivity contribution in [1.29, 1.82) is 0 Å². The predicted molar refractivity (Wildman–Crippen MR) is 132 cm³/mol. The molecule has 234 valence electrons. The van der Waals surface area contributed by atoms with Gasteiger partial charge in [-0.25, -0.2) is 8.42 Å². The highest BCUT2D eigenvalue weighted by Gasteiger charge is 2.57. The Morgan fingerprint density at radius 2 is 1.36 bits per heavy atom. The van der Waals surface area contributed by atoms with E-state index in [1.165, 1.54) is 13.8 Å². The number of halogens is 10. The molecule has 0 aliphatic rings. The van der Waals surface area contributed by atoms with Crippen LogP contribution in [0, 0.1) is 0 Å². The molecule has 0 fully saturated rings. The molecule has 6 nitrogen and oxygen atoms in total. The first-order chi connectivity index (χ1) is 18.9. The Labute approximate surface area is 239 Å². The van der Waals surface area contributed by atoms with Gasteiger partial charge in [0, 0.05) is 29.4 Å². The first kappa shape index (κ1) is 35.3. The lowest BCUT2D eigenvalue weighted by Gasteiger charge is -2.31. The summed E-state index contributed by atoms with van der Waals surface area (Å²) in [6, 6.07) is 1.81. The summed E-state index contributed by atoms with van der Waals surface area (Å²) in [7, 11) is -3.68. The third kappa shape index (κ3) is 8.37. The molecule has 2 aromatic rings. The van der Waals surface area contributed by atoms with E-state index in [0.29, 0.717) is 0 Å². The minimum absolute atomic E-state index is 0.0323. The van der Waals surface area contributed by atoms with Crippen molar-refractivity contribution in [3.63, 3.8) is 0 Å². The number of aliphatic hydroxyl groups is 1. The van der Waals surface area contributed by atoms with Gasteiger partial charge in [0.15, 0.2) is 21.2 Å². The normalized spacial score (nSPS) is 14.4. The molecule has 17 heteroatoms. The molecule has 1 atom stereocenters. The molecule has 42 heavy (non-hydrogen) atoms. The van der Waals surface area contributed by atoms with Gasteiger partial charge in [0.05, 0.1) is 17.5 Å². The minimum atomic E-state index is -5.90. The Kier molecular flexibility index (Phi) is 10.4. The fourth-order valence-corrected chi connectivity index (χ4v) is 4.71. The smallest absolute Gasteiger partial charge is 0.376 e. The first-order valence-corrected chi connectivity index (χ1v) is 14.0. The van der Waals surface area contributed by atoms with Crippen molar-refractivity contribution >= 4 is 33.1 Å². The number of ketones is 1. The lowest BCUT2D eigenvalue weighted by molar-refractivity contribution is -0.265. The second-order valence-electron chi connectivity index (χ2n) is 9.14. The molecule has 0 radical (unpaired) electrons. The number of amides is 1. The van der Waals surface area contributed by atoms with E-state index in [0.717, 1.165) is 23.1 Å². The van der Waals surface area contributed by atoms with Gasteiger partial charge in [-0.1, -0.05) is 30.7 Å². The standard InChI is InChI=1S/C25H23ClF9NO5S/c1-3-36(21(38)13-42(40,41)4-2)12-15-6-5-14(7-19(15)26)20(37)11-22(39,25(33,34)35)16-8-17(23(27,28)29)10-18(9-16)24(30,31)32/h5-10,39H,3-4,11-13H2,1-2H3. The monoisotopic (exact) mass is 655 g/mol. The minimum Gasteiger partial charge on any atom is -0.376 e. The predicted octanol–water partition coefficient (Wildman–Crippen LogP) is 6.18. The molecule has 2 aromatic carbocycles. The number of alkyl halides is 9. The third-order valence-electron chi connectivity index (χ3n) is 6.20. The second kappa shape index (κ2) is 12.4. The van der Waals surface area contributed by atoms with E-state index in [4.69, 9.17) is 11.6 Å². The summed E-state index contributed by atoms with van der Waals surface area (Å²) < 4.78 is 145. The molecular weight excluding hydrogens is 633 g/mol. The lowest BCUT2D eigenvalue weighted by Crippen LogP contribution is -2.44. The summed E-state index contributed by atoms with van der Waals surface area (Å²) in [6.45, 7) is 2.63. The van der Waals surface area contributed by atoms with Crippen LogP contribution in [-0.2, 0) is 39.1 Å². The molecule has 0 bridgehead atoms. The van der Waals surface area contributed by atoms with Gasteiger partial charge >= 0.3 is 18.5 Å². The van der Waals surface area contributed by atoms with Crippen molar-refractivity contribution in [2.24, 2.45) is 0 Å². The van der Waals surface area contributed by atoms with Crippen molar-refractivity contribution in [2.45, 2.75) is 50.9 Å². The van der Waals surface area contributed by atoms with Gasteiger partial charge in [-0.15, -0.1) is 0 Å². The largest absolute Gasteiger partial charge is 0.421 e. The maximum absolute atomic E-state index is 14.0. The van der Waals surface area contributed by atoms with Gasteiger partial charge in [0.25, 0.3) is 0 Å². The lowest BCUT2D eigenvalue weighted by atomic mass is 9.84. The van der Waals surface area contributed by atoms with Crippen molar-refractivity contribution in [2.75, 3.05) is 18.1 Å². The topological polar surface area (TPSA) is 91.8 Å². The highest BCUT2D eigenvalue weighted by atomic mass is 35.5. The maximum Gasteiger partial charge on any atom is 0.421 e. The van der Waals surface area contributed by atoms with E-state index in [1.807, 2.05) is 0 Å². The van der Waals surface area contributed by atoms with E-state index in [9.17, 15) is 62.6 Å². The average molecular weight is 656 g/mol. The third-order valence-corrected chi connectivity index (χ3v) is 8.12. The summed E-state index contributed by atoms with van der Waals surface area (Å²) >= 11 is 6.12.